The molecule has 2 nitrogen and oxygen atoms in total. The Labute approximate surface area is 79.7 Å². The zero-order valence-corrected chi connectivity index (χ0v) is 8.33. The van der Waals surface area contributed by atoms with Crippen molar-refractivity contribution in [3.63, 3.8) is 0 Å². The smallest absolute Gasteiger partial charge is 0.0836 e. The predicted octanol–water partition coefficient (Wildman–Crippen LogP) is 2.69. The van der Waals surface area contributed by atoms with Crippen LogP contribution >= 0.6 is 0 Å². The molecule has 0 radical (unpaired) electrons. The second kappa shape index (κ2) is 5.46. The summed E-state index contributed by atoms with van der Waals surface area (Å²) in [4.78, 5) is 8.66. The summed E-state index contributed by atoms with van der Waals surface area (Å²) in [6, 6.07) is 5.90. The molecule has 0 saturated carbocycles. The summed E-state index contributed by atoms with van der Waals surface area (Å²) in [6.07, 6.45) is 4.15. The molecule has 1 rings (SSSR count). The van der Waals surface area contributed by atoms with Gasteiger partial charge in [-0.1, -0.05) is 19.4 Å². The number of unbranched alkanes of at least 4 members (excludes halogenated alkanes) is 1. The van der Waals surface area contributed by atoms with Crippen LogP contribution in [0, 0.1) is 0 Å². The predicted molar refractivity (Wildman–Crippen MR) is 56.2 cm³/mol. The summed E-state index contributed by atoms with van der Waals surface area (Å²) in [7, 11) is 0. The number of pyridine rings is 1. The van der Waals surface area contributed by atoms with Gasteiger partial charge in [0.1, 0.15) is 0 Å². The first-order valence-electron chi connectivity index (χ1n) is 4.77. The van der Waals surface area contributed by atoms with E-state index in [1.54, 1.807) is 6.20 Å². The number of aromatic nitrogens is 1. The lowest BCUT2D eigenvalue weighted by molar-refractivity contribution is 0.807. The van der Waals surface area contributed by atoms with Crippen molar-refractivity contribution in [2.45, 2.75) is 26.7 Å². The fourth-order valence-corrected chi connectivity index (χ4v) is 1.06. The number of aliphatic imine (C=N–C) groups is 1. The Morgan fingerprint density at radius 1 is 1.46 bits per heavy atom. The molecular formula is C11H16N2. The highest BCUT2D eigenvalue weighted by Gasteiger charge is 1.95. The third-order valence-electron chi connectivity index (χ3n) is 1.90. The topological polar surface area (TPSA) is 25.2 Å². The number of nitrogens with zero attached hydrogens (tertiary/aromatic N) is 2. The third kappa shape index (κ3) is 3.36. The van der Waals surface area contributed by atoms with Crippen LogP contribution < -0.4 is 0 Å². The van der Waals surface area contributed by atoms with E-state index in [-0.39, 0.29) is 0 Å². The molecule has 1 heterocycles. The Kier molecular flexibility index (Phi) is 4.16. The normalized spacial score (nSPS) is 11.7. The lowest BCUT2D eigenvalue weighted by atomic mass is 10.2. The van der Waals surface area contributed by atoms with E-state index in [0.29, 0.717) is 0 Å². The number of rotatable bonds is 4. The zero-order chi connectivity index (χ0) is 9.52. The maximum absolute atomic E-state index is 4.44. The van der Waals surface area contributed by atoms with Gasteiger partial charge in [-0.15, -0.1) is 0 Å². The van der Waals surface area contributed by atoms with E-state index in [9.17, 15) is 0 Å². The second-order valence-corrected chi connectivity index (χ2v) is 3.04. The summed E-state index contributed by atoms with van der Waals surface area (Å²) in [5.74, 6) is 0. The summed E-state index contributed by atoms with van der Waals surface area (Å²) in [5, 5.41) is 0. The molecule has 0 aliphatic heterocycles. The van der Waals surface area contributed by atoms with Crippen molar-refractivity contribution in [1.82, 2.24) is 4.98 Å². The Morgan fingerprint density at radius 3 is 2.92 bits per heavy atom. The lowest BCUT2D eigenvalue weighted by Crippen LogP contribution is -1.98. The SMILES string of the molecule is CCCCN=C(C)c1ccccn1. The van der Waals surface area contributed by atoms with Gasteiger partial charge in [0.25, 0.3) is 0 Å². The van der Waals surface area contributed by atoms with Gasteiger partial charge in [0.15, 0.2) is 0 Å². The van der Waals surface area contributed by atoms with E-state index in [4.69, 9.17) is 0 Å². The summed E-state index contributed by atoms with van der Waals surface area (Å²) in [5.41, 5.74) is 2.02. The van der Waals surface area contributed by atoms with Crippen LogP contribution in [0.25, 0.3) is 0 Å². The molecule has 0 N–H and O–H groups in total. The molecule has 70 valence electrons. The van der Waals surface area contributed by atoms with Crippen molar-refractivity contribution in [2.75, 3.05) is 6.54 Å². The average Bonchev–Trinajstić information content (AvgIpc) is 2.19. The van der Waals surface area contributed by atoms with Crippen molar-refractivity contribution in [1.29, 1.82) is 0 Å². The van der Waals surface area contributed by atoms with Crippen LogP contribution in [0.5, 0.6) is 0 Å². The van der Waals surface area contributed by atoms with Crippen LogP contribution in [0.2, 0.25) is 0 Å². The summed E-state index contributed by atoms with van der Waals surface area (Å²) < 4.78 is 0. The van der Waals surface area contributed by atoms with Crippen LogP contribution in [0.1, 0.15) is 32.4 Å². The number of hydrogen-bond acceptors (Lipinski definition) is 2. The lowest BCUT2D eigenvalue weighted by Gasteiger charge is -1.98. The first-order valence-corrected chi connectivity index (χ1v) is 4.77. The first kappa shape index (κ1) is 9.90. The molecule has 0 bridgehead atoms. The summed E-state index contributed by atoms with van der Waals surface area (Å²) >= 11 is 0. The summed E-state index contributed by atoms with van der Waals surface area (Å²) in [6.45, 7) is 5.10. The van der Waals surface area contributed by atoms with Crippen molar-refractivity contribution in [2.24, 2.45) is 4.99 Å². The van der Waals surface area contributed by atoms with E-state index in [0.717, 1.165) is 24.4 Å². The van der Waals surface area contributed by atoms with Gasteiger partial charge in [-0.3, -0.25) is 9.98 Å². The maximum atomic E-state index is 4.44. The second-order valence-electron chi connectivity index (χ2n) is 3.04. The molecule has 0 aliphatic carbocycles. The molecule has 0 aliphatic rings. The Balaban J connectivity index is 2.57. The van der Waals surface area contributed by atoms with Gasteiger partial charge in [-0.05, 0) is 25.5 Å². The number of hydrogen-bond donors (Lipinski definition) is 0. The maximum Gasteiger partial charge on any atom is 0.0836 e. The highest BCUT2D eigenvalue weighted by molar-refractivity contribution is 5.96. The van der Waals surface area contributed by atoms with Gasteiger partial charge < -0.3 is 0 Å². The minimum atomic E-state index is 0.916. The van der Waals surface area contributed by atoms with Crippen molar-refractivity contribution >= 4 is 5.71 Å². The van der Waals surface area contributed by atoms with E-state index in [1.165, 1.54) is 6.42 Å². The molecule has 1 aromatic heterocycles. The minimum absolute atomic E-state index is 0.916. The minimum Gasteiger partial charge on any atom is -0.288 e. The Bertz CT molecular complexity index is 265. The molecule has 0 spiro atoms. The van der Waals surface area contributed by atoms with E-state index >= 15 is 0 Å². The van der Waals surface area contributed by atoms with Crippen molar-refractivity contribution < 1.29 is 0 Å². The van der Waals surface area contributed by atoms with E-state index in [1.807, 2.05) is 25.1 Å². The molecule has 0 amide bonds. The molecule has 0 unspecified atom stereocenters. The van der Waals surface area contributed by atoms with Crippen molar-refractivity contribution in [3.8, 4) is 0 Å². The van der Waals surface area contributed by atoms with Gasteiger partial charge >= 0.3 is 0 Å². The fourth-order valence-electron chi connectivity index (χ4n) is 1.06. The fraction of sp³-hybridized carbons (Fsp3) is 0.455. The van der Waals surface area contributed by atoms with Crippen LogP contribution in [-0.2, 0) is 0 Å². The molecule has 1 aromatic rings. The van der Waals surface area contributed by atoms with Crippen molar-refractivity contribution in [3.05, 3.63) is 30.1 Å². The van der Waals surface area contributed by atoms with Crippen LogP contribution in [-0.4, -0.2) is 17.2 Å². The molecule has 0 saturated heterocycles. The average molecular weight is 176 g/mol. The largest absolute Gasteiger partial charge is 0.288 e. The highest BCUT2D eigenvalue weighted by Crippen LogP contribution is 1.97. The Hall–Kier alpha value is -1.18. The van der Waals surface area contributed by atoms with E-state index in [2.05, 4.69) is 16.9 Å². The van der Waals surface area contributed by atoms with Gasteiger partial charge in [0.05, 0.1) is 11.4 Å². The van der Waals surface area contributed by atoms with Gasteiger partial charge in [-0.2, -0.15) is 0 Å². The monoisotopic (exact) mass is 176 g/mol. The van der Waals surface area contributed by atoms with Crippen LogP contribution in [0.15, 0.2) is 29.4 Å². The molecular weight excluding hydrogens is 160 g/mol. The zero-order valence-electron chi connectivity index (χ0n) is 8.33. The molecule has 0 aromatic carbocycles. The Morgan fingerprint density at radius 2 is 2.31 bits per heavy atom. The van der Waals surface area contributed by atoms with Gasteiger partial charge in [0, 0.05) is 12.7 Å². The molecule has 0 fully saturated rings. The van der Waals surface area contributed by atoms with Gasteiger partial charge in [-0.25, -0.2) is 0 Å². The molecule has 2 heteroatoms. The van der Waals surface area contributed by atoms with Crippen LogP contribution in [0.4, 0.5) is 0 Å². The van der Waals surface area contributed by atoms with E-state index < -0.39 is 0 Å². The van der Waals surface area contributed by atoms with Crippen LogP contribution in [0.3, 0.4) is 0 Å². The molecule has 13 heavy (non-hydrogen) atoms. The standard InChI is InChI=1S/C11H16N2/c1-3-4-8-12-10(2)11-7-5-6-9-13-11/h5-7,9H,3-4,8H2,1-2H3. The molecule has 0 atom stereocenters. The highest BCUT2D eigenvalue weighted by atomic mass is 14.8. The third-order valence-corrected chi connectivity index (χ3v) is 1.90. The van der Waals surface area contributed by atoms with Gasteiger partial charge in [0.2, 0.25) is 0 Å². The first-order chi connectivity index (χ1) is 6.34. The quantitative estimate of drug-likeness (QED) is 0.511.